The van der Waals surface area contributed by atoms with Crippen LogP contribution in [-0.4, -0.2) is 35.6 Å². The lowest BCUT2D eigenvalue weighted by Gasteiger charge is -2.37. The van der Waals surface area contributed by atoms with E-state index in [4.69, 9.17) is 0 Å². The summed E-state index contributed by atoms with van der Waals surface area (Å²) >= 11 is 0. The molecule has 1 saturated heterocycles. The van der Waals surface area contributed by atoms with Gasteiger partial charge in [-0.05, 0) is 57.9 Å². The molecule has 0 amide bonds. The quantitative estimate of drug-likeness (QED) is 0.924. The minimum atomic E-state index is 0.636. The van der Waals surface area contributed by atoms with Crippen LogP contribution < -0.4 is 10.2 Å². The van der Waals surface area contributed by atoms with Gasteiger partial charge in [0.1, 0.15) is 12.1 Å². The second-order valence-corrected chi connectivity index (χ2v) is 6.50. The van der Waals surface area contributed by atoms with Crippen molar-refractivity contribution in [1.29, 1.82) is 0 Å². The standard InChI is InChI=1S/C17H28N4/c1-3-18-13(2)14-8-10-21(11-9-14)17-15-6-4-5-7-16(15)19-12-20-17/h12-14,18H,3-11H2,1-2H3. The third kappa shape index (κ3) is 3.20. The number of hydrogen-bond acceptors (Lipinski definition) is 4. The number of hydrogen-bond donors (Lipinski definition) is 1. The zero-order valence-electron chi connectivity index (χ0n) is 13.4. The Kier molecular flexibility index (Phi) is 4.73. The summed E-state index contributed by atoms with van der Waals surface area (Å²) in [6.45, 7) is 7.88. The van der Waals surface area contributed by atoms with Crippen LogP contribution in [0.1, 0.15) is 50.8 Å². The van der Waals surface area contributed by atoms with Crippen molar-refractivity contribution in [2.24, 2.45) is 5.92 Å². The van der Waals surface area contributed by atoms with Crippen molar-refractivity contribution in [3.8, 4) is 0 Å². The SMILES string of the molecule is CCNC(C)C1CCN(c2ncnc3c2CCCC3)CC1. The maximum atomic E-state index is 4.62. The smallest absolute Gasteiger partial charge is 0.135 e. The van der Waals surface area contributed by atoms with E-state index in [9.17, 15) is 0 Å². The van der Waals surface area contributed by atoms with Crippen molar-refractivity contribution in [2.75, 3.05) is 24.5 Å². The van der Waals surface area contributed by atoms with Crippen molar-refractivity contribution in [3.63, 3.8) is 0 Å². The number of piperidine rings is 1. The highest BCUT2D eigenvalue weighted by molar-refractivity contribution is 5.49. The Bertz CT molecular complexity index is 466. The lowest BCUT2D eigenvalue weighted by molar-refractivity contribution is 0.314. The van der Waals surface area contributed by atoms with Gasteiger partial charge in [-0.25, -0.2) is 9.97 Å². The molecule has 116 valence electrons. The van der Waals surface area contributed by atoms with E-state index >= 15 is 0 Å². The van der Waals surface area contributed by atoms with E-state index in [0.29, 0.717) is 6.04 Å². The van der Waals surface area contributed by atoms with Gasteiger partial charge in [0, 0.05) is 30.4 Å². The molecule has 0 saturated carbocycles. The molecule has 21 heavy (non-hydrogen) atoms. The second kappa shape index (κ2) is 6.73. The number of aromatic nitrogens is 2. The fourth-order valence-corrected chi connectivity index (χ4v) is 3.88. The molecule has 1 aromatic rings. The zero-order valence-corrected chi connectivity index (χ0v) is 13.4. The third-order valence-electron chi connectivity index (χ3n) is 5.17. The highest BCUT2D eigenvalue weighted by Gasteiger charge is 2.26. The van der Waals surface area contributed by atoms with Crippen LogP contribution in [0.3, 0.4) is 0 Å². The summed E-state index contributed by atoms with van der Waals surface area (Å²) in [6, 6.07) is 0.636. The van der Waals surface area contributed by atoms with Crippen molar-refractivity contribution in [3.05, 3.63) is 17.6 Å². The van der Waals surface area contributed by atoms with Crippen LogP contribution in [0.15, 0.2) is 6.33 Å². The molecule has 0 bridgehead atoms. The van der Waals surface area contributed by atoms with E-state index in [-0.39, 0.29) is 0 Å². The molecule has 2 heterocycles. The Labute approximate surface area is 128 Å². The van der Waals surface area contributed by atoms with Gasteiger partial charge in [0.15, 0.2) is 0 Å². The Hall–Kier alpha value is -1.16. The summed E-state index contributed by atoms with van der Waals surface area (Å²) in [5.41, 5.74) is 2.73. The zero-order chi connectivity index (χ0) is 14.7. The summed E-state index contributed by atoms with van der Waals surface area (Å²) in [4.78, 5) is 11.6. The van der Waals surface area contributed by atoms with Gasteiger partial charge in [0.05, 0.1) is 0 Å². The van der Waals surface area contributed by atoms with Gasteiger partial charge >= 0.3 is 0 Å². The first-order chi connectivity index (χ1) is 10.3. The number of aryl methyl sites for hydroxylation is 1. The van der Waals surface area contributed by atoms with Crippen LogP contribution in [0.5, 0.6) is 0 Å². The van der Waals surface area contributed by atoms with Gasteiger partial charge in [-0.2, -0.15) is 0 Å². The first-order valence-electron chi connectivity index (χ1n) is 8.60. The van der Waals surface area contributed by atoms with E-state index in [1.807, 2.05) is 0 Å². The van der Waals surface area contributed by atoms with E-state index < -0.39 is 0 Å². The lowest BCUT2D eigenvalue weighted by atomic mass is 9.89. The van der Waals surface area contributed by atoms with Crippen LogP contribution in [0.25, 0.3) is 0 Å². The highest BCUT2D eigenvalue weighted by atomic mass is 15.2. The minimum absolute atomic E-state index is 0.636. The summed E-state index contributed by atoms with van der Waals surface area (Å²) in [5, 5.41) is 3.58. The topological polar surface area (TPSA) is 41.0 Å². The number of anilines is 1. The Morgan fingerprint density at radius 3 is 2.76 bits per heavy atom. The maximum absolute atomic E-state index is 4.62. The first-order valence-corrected chi connectivity index (χ1v) is 8.60. The molecular formula is C17H28N4. The molecule has 1 aliphatic heterocycles. The van der Waals surface area contributed by atoms with E-state index in [1.165, 1.54) is 49.2 Å². The van der Waals surface area contributed by atoms with Crippen molar-refractivity contribution in [1.82, 2.24) is 15.3 Å². The van der Waals surface area contributed by atoms with Crippen molar-refractivity contribution in [2.45, 2.75) is 58.4 Å². The lowest BCUT2D eigenvalue weighted by Crippen LogP contribution is -2.42. The molecule has 1 aromatic heterocycles. The molecule has 1 aliphatic carbocycles. The van der Waals surface area contributed by atoms with E-state index in [2.05, 4.69) is 34.0 Å². The second-order valence-electron chi connectivity index (χ2n) is 6.50. The number of fused-ring (bicyclic) bond motifs is 1. The monoisotopic (exact) mass is 288 g/mol. The predicted molar refractivity (Wildman–Crippen MR) is 86.7 cm³/mol. The van der Waals surface area contributed by atoms with Crippen LogP contribution in [0.2, 0.25) is 0 Å². The Morgan fingerprint density at radius 1 is 1.24 bits per heavy atom. The average molecular weight is 288 g/mol. The molecule has 0 spiro atoms. The van der Waals surface area contributed by atoms with E-state index in [0.717, 1.165) is 32.0 Å². The molecule has 3 rings (SSSR count). The van der Waals surface area contributed by atoms with Crippen LogP contribution in [-0.2, 0) is 12.8 Å². The molecular weight excluding hydrogens is 260 g/mol. The third-order valence-corrected chi connectivity index (χ3v) is 5.17. The first kappa shape index (κ1) is 14.8. The van der Waals surface area contributed by atoms with Gasteiger partial charge in [-0.15, -0.1) is 0 Å². The molecule has 4 heteroatoms. The van der Waals surface area contributed by atoms with Gasteiger partial charge in [0.2, 0.25) is 0 Å². The van der Waals surface area contributed by atoms with Gasteiger partial charge in [-0.3, -0.25) is 0 Å². The fraction of sp³-hybridized carbons (Fsp3) is 0.765. The number of nitrogens with zero attached hydrogens (tertiary/aromatic N) is 3. The minimum Gasteiger partial charge on any atom is -0.356 e. The number of rotatable bonds is 4. The molecule has 0 aromatic carbocycles. The van der Waals surface area contributed by atoms with Gasteiger partial charge < -0.3 is 10.2 Å². The highest BCUT2D eigenvalue weighted by Crippen LogP contribution is 2.30. The largest absolute Gasteiger partial charge is 0.356 e. The summed E-state index contributed by atoms with van der Waals surface area (Å²) < 4.78 is 0. The van der Waals surface area contributed by atoms with Gasteiger partial charge in [-0.1, -0.05) is 6.92 Å². The molecule has 4 nitrogen and oxygen atoms in total. The molecule has 0 radical (unpaired) electrons. The Morgan fingerprint density at radius 2 is 2.00 bits per heavy atom. The van der Waals surface area contributed by atoms with Crippen LogP contribution in [0.4, 0.5) is 5.82 Å². The Balaban J connectivity index is 1.67. The molecule has 1 fully saturated rings. The average Bonchev–Trinajstić information content (AvgIpc) is 2.55. The van der Waals surface area contributed by atoms with Crippen LogP contribution >= 0.6 is 0 Å². The molecule has 2 aliphatic rings. The number of nitrogens with one attached hydrogen (secondary N) is 1. The predicted octanol–water partition coefficient (Wildman–Crippen LogP) is 2.57. The van der Waals surface area contributed by atoms with Crippen molar-refractivity contribution >= 4 is 5.82 Å². The summed E-state index contributed by atoms with van der Waals surface area (Å²) in [7, 11) is 0. The fourth-order valence-electron chi connectivity index (χ4n) is 3.88. The molecule has 1 atom stereocenters. The summed E-state index contributed by atoms with van der Waals surface area (Å²) in [5.74, 6) is 2.04. The molecule has 1 N–H and O–H groups in total. The maximum Gasteiger partial charge on any atom is 0.135 e. The normalized spacial score (nSPS) is 21.1. The molecule has 1 unspecified atom stereocenters. The van der Waals surface area contributed by atoms with Gasteiger partial charge in [0.25, 0.3) is 0 Å². The van der Waals surface area contributed by atoms with E-state index in [1.54, 1.807) is 6.33 Å². The summed E-state index contributed by atoms with van der Waals surface area (Å²) in [6.07, 6.45) is 9.19. The van der Waals surface area contributed by atoms with Crippen LogP contribution in [0, 0.1) is 5.92 Å². The van der Waals surface area contributed by atoms with Crippen molar-refractivity contribution < 1.29 is 0 Å².